The topological polar surface area (TPSA) is 69.8 Å². The number of thioether (sulfide) groups is 1. The van der Waals surface area contributed by atoms with E-state index in [4.69, 9.17) is 0 Å². The smallest absolute Gasteiger partial charge is 0.242 e. The lowest BCUT2D eigenvalue weighted by atomic mass is 10.3. The highest BCUT2D eigenvalue weighted by molar-refractivity contribution is 7.99. The molecular formula is C7H10N4OS. The molecule has 1 fully saturated rings. The fourth-order valence-electron chi connectivity index (χ4n) is 1.11. The lowest BCUT2D eigenvalue weighted by Gasteiger charge is -2.07. The van der Waals surface area contributed by atoms with E-state index < -0.39 is 0 Å². The van der Waals surface area contributed by atoms with Gasteiger partial charge in [0.25, 0.3) is 0 Å². The quantitative estimate of drug-likeness (QED) is 0.626. The lowest BCUT2D eigenvalue weighted by molar-refractivity contribution is -0.117. The van der Waals surface area contributed by atoms with Crippen molar-refractivity contribution in [1.29, 1.82) is 0 Å². The third-order valence-corrected chi connectivity index (χ3v) is 2.74. The maximum atomic E-state index is 11.5. The Labute approximate surface area is 79.7 Å². The van der Waals surface area contributed by atoms with Crippen molar-refractivity contribution < 1.29 is 4.79 Å². The average molecular weight is 198 g/mol. The summed E-state index contributed by atoms with van der Waals surface area (Å²) < 4.78 is 0. The molecule has 0 saturated carbocycles. The third kappa shape index (κ3) is 2.02. The third-order valence-electron chi connectivity index (χ3n) is 1.80. The van der Waals surface area contributed by atoms with Gasteiger partial charge in [0.15, 0.2) is 0 Å². The average Bonchev–Trinajstić information content (AvgIpc) is 2.74. The second-order valence-electron chi connectivity index (χ2n) is 2.75. The normalized spacial score (nSPS) is 21.7. The standard InChI is InChI=1S/C7H10N4OS/c12-7(6-3-13-4-8-6)11-5-1-9-10-2-5/h1-2,6,8H,3-4H2,(H,9,10)(H,11,12)/t6-/m1/s1. The van der Waals surface area contributed by atoms with Crippen molar-refractivity contribution in [3.63, 3.8) is 0 Å². The Hall–Kier alpha value is -1.01. The maximum absolute atomic E-state index is 11.5. The molecule has 1 saturated heterocycles. The molecule has 0 unspecified atom stereocenters. The van der Waals surface area contributed by atoms with E-state index in [1.165, 1.54) is 0 Å². The van der Waals surface area contributed by atoms with Crippen LogP contribution >= 0.6 is 11.8 Å². The molecule has 1 aliphatic rings. The van der Waals surface area contributed by atoms with Gasteiger partial charge in [0.2, 0.25) is 5.91 Å². The SMILES string of the molecule is O=C(Nc1cn[nH]c1)[C@H]1CSCN1. The molecule has 0 aromatic carbocycles. The Morgan fingerprint density at radius 2 is 2.69 bits per heavy atom. The summed E-state index contributed by atoms with van der Waals surface area (Å²) in [5.74, 6) is 1.69. The Morgan fingerprint density at radius 1 is 1.77 bits per heavy atom. The molecule has 2 rings (SSSR count). The van der Waals surface area contributed by atoms with Gasteiger partial charge in [0.05, 0.1) is 17.9 Å². The van der Waals surface area contributed by atoms with Crippen LogP contribution in [-0.2, 0) is 4.79 Å². The van der Waals surface area contributed by atoms with E-state index in [2.05, 4.69) is 20.8 Å². The van der Waals surface area contributed by atoms with Crippen LogP contribution in [0.25, 0.3) is 0 Å². The first-order valence-electron chi connectivity index (χ1n) is 3.97. The van der Waals surface area contributed by atoms with Crippen LogP contribution in [0, 0.1) is 0 Å². The van der Waals surface area contributed by atoms with Crippen molar-refractivity contribution in [3.8, 4) is 0 Å². The Balaban J connectivity index is 1.91. The molecule has 2 heterocycles. The van der Waals surface area contributed by atoms with Crippen LogP contribution in [0.3, 0.4) is 0 Å². The summed E-state index contributed by atoms with van der Waals surface area (Å²) in [7, 11) is 0. The first-order chi connectivity index (χ1) is 6.36. The molecule has 0 radical (unpaired) electrons. The fraction of sp³-hybridized carbons (Fsp3) is 0.429. The molecule has 6 heteroatoms. The minimum atomic E-state index is -0.0695. The molecule has 3 N–H and O–H groups in total. The first kappa shape index (κ1) is 8.58. The highest BCUT2D eigenvalue weighted by Crippen LogP contribution is 2.11. The van der Waals surface area contributed by atoms with Crippen molar-refractivity contribution in [1.82, 2.24) is 15.5 Å². The molecule has 0 aliphatic carbocycles. The van der Waals surface area contributed by atoms with Gasteiger partial charge in [-0.2, -0.15) is 5.10 Å². The zero-order valence-corrected chi connectivity index (χ0v) is 7.73. The predicted molar refractivity (Wildman–Crippen MR) is 51.5 cm³/mol. The maximum Gasteiger partial charge on any atom is 0.242 e. The van der Waals surface area contributed by atoms with E-state index in [1.807, 2.05) is 0 Å². The van der Waals surface area contributed by atoms with Gasteiger partial charge in [0, 0.05) is 17.8 Å². The van der Waals surface area contributed by atoms with Crippen LogP contribution in [0.1, 0.15) is 0 Å². The van der Waals surface area contributed by atoms with Gasteiger partial charge >= 0.3 is 0 Å². The van der Waals surface area contributed by atoms with Crippen LogP contribution in [0.2, 0.25) is 0 Å². The Bertz CT molecular complexity index is 281. The van der Waals surface area contributed by atoms with Crippen LogP contribution in [0.4, 0.5) is 5.69 Å². The first-order valence-corrected chi connectivity index (χ1v) is 5.12. The lowest BCUT2D eigenvalue weighted by Crippen LogP contribution is -2.37. The van der Waals surface area contributed by atoms with Crippen LogP contribution < -0.4 is 10.6 Å². The number of carbonyl (C=O) groups is 1. The summed E-state index contributed by atoms with van der Waals surface area (Å²) in [6.07, 6.45) is 3.24. The molecule has 70 valence electrons. The number of amides is 1. The van der Waals surface area contributed by atoms with Gasteiger partial charge < -0.3 is 5.32 Å². The number of nitrogens with one attached hydrogen (secondary N) is 3. The summed E-state index contributed by atoms with van der Waals surface area (Å²) in [5, 5.41) is 12.2. The summed E-state index contributed by atoms with van der Waals surface area (Å²) in [6, 6.07) is -0.0695. The van der Waals surface area contributed by atoms with Gasteiger partial charge in [-0.1, -0.05) is 0 Å². The van der Waals surface area contributed by atoms with Gasteiger partial charge in [-0.25, -0.2) is 0 Å². The molecule has 1 amide bonds. The molecule has 13 heavy (non-hydrogen) atoms. The second kappa shape index (κ2) is 3.80. The van der Waals surface area contributed by atoms with Crippen molar-refractivity contribution in [2.24, 2.45) is 0 Å². The number of hydrogen-bond acceptors (Lipinski definition) is 4. The minimum absolute atomic E-state index is 0.00593. The highest BCUT2D eigenvalue weighted by atomic mass is 32.2. The summed E-state index contributed by atoms with van der Waals surface area (Å²) >= 11 is 1.73. The van der Waals surface area contributed by atoms with Gasteiger partial charge in [0.1, 0.15) is 0 Å². The van der Waals surface area contributed by atoms with Crippen molar-refractivity contribution in [3.05, 3.63) is 12.4 Å². The van der Waals surface area contributed by atoms with E-state index >= 15 is 0 Å². The summed E-state index contributed by atoms with van der Waals surface area (Å²) in [6.45, 7) is 0. The Morgan fingerprint density at radius 3 is 3.31 bits per heavy atom. The van der Waals surface area contributed by atoms with Crippen LogP contribution in [0.5, 0.6) is 0 Å². The van der Waals surface area contributed by atoms with E-state index in [1.54, 1.807) is 24.2 Å². The second-order valence-corrected chi connectivity index (χ2v) is 3.78. The van der Waals surface area contributed by atoms with Crippen molar-refractivity contribution in [2.75, 3.05) is 16.9 Å². The number of aromatic nitrogens is 2. The number of carbonyl (C=O) groups excluding carboxylic acids is 1. The fourth-order valence-corrected chi connectivity index (χ4v) is 2.05. The zero-order valence-electron chi connectivity index (χ0n) is 6.91. The highest BCUT2D eigenvalue weighted by Gasteiger charge is 2.22. The number of hydrogen-bond donors (Lipinski definition) is 3. The predicted octanol–water partition coefficient (Wildman–Crippen LogP) is 0.0107. The van der Waals surface area contributed by atoms with E-state index in [0.717, 1.165) is 11.6 Å². The largest absolute Gasteiger partial charge is 0.322 e. The van der Waals surface area contributed by atoms with Crippen molar-refractivity contribution in [2.45, 2.75) is 6.04 Å². The summed E-state index contributed by atoms with van der Waals surface area (Å²) in [5.41, 5.74) is 0.712. The number of H-pyrrole nitrogens is 1. The van der Waals surface area contributed by atoms with E-state index in [9.17, 15) is 4.79 Å². The summed E-state index contributed by atoms with van der Waals surface area (Å²) in [4.78, 5) is 11.5. The van der Waals surface area contributed by atoms with E-state index in [0.29, 0.717) is 5.69 Å². The van der Waals surface area contributed by atoms with Crippen molar-refractivity contribution >= 4 is 23.4 Å². The molecule has 1 atom stereocenters. The van der Waals surface area contributed by atoms with Crippen LogP contribution in [-0.4, -0.2) is 33.8 Å². The molecule has 1 aromatic heterocycles. The van der Waals surface area contributed by atoms with Gasteiger partial charge in [-0.3, -0.25) is 15.2 Å². The Kier molecular flexibility index (Phi) is 2.51. The molecule has 0 spiro atoms. The zero-order chi connectivity index (χ0) is 9.10. The molecule has 5 nitrogen and oxygen atoms in total. The van der Waals surface area contributed by atoms with Crippen LogP contribution in [0.15, 0.2) is 12.4 Å². The van der Waals surface area contributed by atoms with Gasteiger partial charge in [-0.15, -0.1) is 11.8 Å². The molecule has 0 bridgehead atoms. The van der Waals surface area contributed by atoms with E-state index in [-0.39, 0.29) is 11.9 Å². The monoisotopic (exact) mass is 198 g/mol. The molecule has 1 aliphatic heterocycles. The molecular weight excluding hydrogens is 188 g/mol. The number of rotatable bonds is 2. The van der Waals surface area contributed by atoms with Gasteiger partial charge in [-0.05, 0) is 0 Å². The minimum Gasteiger partial charge on any atom is -0.322 e. The number of nitrogens with zero attached hydrogens (tertiary/aromatic N) is 1. The molecule has 1 aromatic rings. The number of anilines is 1. The number of aromatic amines is 1.